The van der Waals surface area contributed by atoms with Crippen LogP contribution >= 0.6 is 24.8 Å². The Morgan fingerprint density at radius 3 is 2.68 bits per heavy atom. The Morgan fingerprint density at radius 2 is 2.14 bits per heavy atom. The normalized spacial score (nSPS) is 19.8. The van der Waals surface area contributed by atoms with E-state index in [9.17, 15) is 9.59 Å². The molecule has 1 aromatic rings. The van der Waals surface area contributed by atoms with Crippen molar-refractivity contribution >= 4 is 36.6 Å². The summed E-state index contributed by atoms with van der Waals surface area (Å²) in [5.41, 5.74) is 5.96. The van der Waals surface area contributed by atoms with E-state index in [4.69, 9.17) is 5.73 Å². The predicted molar refractivity (Wildman–Crippen MR) is 89.4 cm³/mol. The second-order valence-electron chi connectivity index (χ2n) is 5.13. The van der Waals surface area contributed by atoms with E-state index in [-0.39, 0.29) is 49.2 Å². The number of halogens is 2. The number of pyridine rings is 1. The van der Waals surface area contributed by atoms with Crippen LogP contribution in [0.2, 0.25) is 0 Å². The highest BCUT2D eigenvalue weighted by atomic mass is 35.5. The number of amides is 2. The summed E-state index contributed by atoms with van der Waals surface area (Å²) in [6.07, 6.45) is 2.47. The fourth-order valence-corrected chi connectivity index (χ4v) is 2.51. The fourth-order valence-electron chi connectivity index (χ4n) is 2.51. The quantitative estimate of drug-likeness (QED) is 0.844. The van der Waals surface area contributed by atoms with E-state index in [0.29, 0.717) is 24.7 Å². The number of nitrogens with one attached hydrogen (secondary N) is 1. The lowest BCUT2D eigenvalue weighted by Gasteiger charge is -2.21. The lowest BCUT2D eigenvalue weighted by atomic mass is 10.1. The van der Waals surface area contributed by atoms with E-state index in [1.165, 1.54) is 0 Å². The molecule has 1 aromatic heterocycles. The van der Waals surface area contributed by atoms with E-state index < -0.39 is 0 Å². The van der Waals surface area contributed by atoms with Crippen molar-refractivity contribution < 1.29 is 9.59 Å². The van der Waals surface area contributed by atoms with E-state index in [0.717, 1.165) is 6.42 Å². The molecule has 1 aliphatic rings. The zero-order valence-corrected chi connectivity index (χ0v) is 14.0. The Morgan fingerprint density at radius 1 is 1.41 bits per heavy atom. The zero-order chi connectivity index (χ0) is 14.5. The lowest BCUT2D eigenvalue weighted by Crippen LogP contribution is -2.42. The minimum atomic E-state index is -0.332. The minimum absolute atomic E-state index is 0. The number of hydrogen-bond donors (Lipinski definition) is 2. The molecular formula is C14H22Cl2N4O2. The van der Waals surface area contributed by atoms with Crippen LogP contribution in [0.3, 0.4) is 0 Å². The van der Waals surface area contributed by atoms with Crippen LogP contribution < -0.4 is 11.1 Å². The van der Waals surface area contributed by atoms with Gasteiger partial charge in [0, 0.05) is 18.8 Å². The van der Waals surface area contributed by atoms with Gasteiger partial charge in [-0.05, 0) is 37.9 Å². The van der Waals surface area contributed by atoms with Gasteiger partial charge in [0.05, 0.1) is 6.54 Å². The standard InChI is InChI=1S/C14H20N4O2.2ClH/c1-10-6-11(7-15)9-18(10)13(19)8-17-14(20)12-4-2-3-5-16-12;;/h2-5,10-11H,6-9,15H2,1H3,(H,17,20);2*1H. The van der Waals surface area contributed by atoms with E-state index in [1.54, 1.807) is 29.3 Å². The SMILES string of the molecule is CC1CC(CN)CN1C(=O)CNC(=O)c1ccccn1.Cl.Cl. The molecule has 1 fully saturated rings. The molecule has 2 unspecified atom stereocenters. The van der Waals surface area contributed by atoms with Crippen LogP contribution in [0.25, 0.3) is 0 Å². The van der Waals surface area contributed by atoms with Gasteiger partial charge in [0.25, 0.3) is 5.91 Å². The molecule has 0 radical (unpaired) electrons. The maximum Gasteiger partial charge on any atom is 0.270 e. The molecule has 2 amide bonds. The third kappa shape index (κ3) is 5.12. The maximum absolute atomic E-state index is 12.1. The van der Waals surface area contributed by atoms with Gasteiger partial charge in [-0.25, -0.2) is 0 Å². The minimum Gasteiger partial charge on any atom is -0.342 e. The number of nitrogens with two attached hydrogens (primary N) is 1. The van der Waals surface area contributed by atoms with Crippen molar-refractivity contribution in [1.29, 1.82) is 0 Å². The number of carbonyl (C=O) groups is 2. The molecular weight excluding hydrogens is 327 g/mol. The molecule has 1 aliphatic heterocycles. The molecule has 2 atom stereocenters. The Kier molecular flexibility index (Phi) is 9.01. The summed E-state index contributed by atoms with van der Waals surface area (Å²) in [7, 11) is 0. The van der Waals surface area contributed by atoms with Crippen molar-refractivity contribution in [3.63, 3.8) is 0 Å². The number of nitrogens with zero attached hydrogens (tertiary/aromatic N) is 2. The highest BCUT2D eigenvalue weighted by molar-refractivity contribution is 5.94. The average molecular weight is 349 g/mol. The molecule has 0 bridgehead atoms. The van der Waals surface area contributed by atoms with Crippen molar-refractivity contribution in [3.8, 4) is 0 Å². The van der Waals surface area contributed by atoms with Crippen molar-refractivity contribution in [1.82, 2.24) is 15.2 Å². The molecule has 8 heteroatoms. The fraction of sp³-hybridized carbons (Fsp3) is 0.500. The molecule has 124 valence electrons. The summed E-state index contributed by atoms with van der Waals surface area (Å²) >= 11 is 0. The molecule has 0 spiro atoms. The molecule has 6 nitrogen and oxygen atoms in total. The van der Waals surface area contributed by atoms with Gasteiger partial charge in [-0.3, -0.25) is 14.6 Å². The Hall–Kier alpha value is -1.37. The number of carbonyl (C=O) groups excluding carboxylic acids is 2. The number of likely N-dealkylation sites (tertiary alicyclic amines) is 1. The number of aromatic nitrogens is 1. The molecule has 2 heterocycles. The first-order valence-electron chi connectivity index (χ1n) is 6.80. The lowest BCUT2D eigenvalue weighted by molar-refractivity contribution is -0.130. The largest absolute Gasteiger partial charge is 0.342 e. The van der Waals surface area contributed by atoms with Crippen molar-refractivity contribution in [2.45, 2.75) is 19.4 Å². The predicted octanol–water partition coefficient (Wildman–Crippen LogP) is 0.851. The van der Waals surface area contributed by atoms with Gasteiger partial charge in [-0.2, -0.15) is 0 Å². The van der Waals surface area contributed by atoms with E-state index >= 15 is 0 Å². The summed E-state index contributed by atoms with van der Waals surface area (Å²) in [6, 6.07) is 5.27. The molecule has 0 aliphatic carbocycles. The van der Waals surface area contributed by atoms with Crippen LogP contribution in [0.1, 0.15) is 23.8 Å². The Bertz CT molecular complexity index is 487. The molecule has 3 N–H and O–H groups in total. The molecule has 22 heavy (non-hydrogen) atoms. The summed E-state index contributed by atoms with van der Waals surface area (Å²) in [4.78, 5) is 29.6. The van der Waals surface area contributed by atoms with Crippen molar-refractivity contribution in [2.24, 2.45) is 11.7 Å². The van der Waals surface area contributed by atoms with Crippen LogP contribution in [-0.2, 0) is 4.79 Å². The number of rotatable bonds is 4. The highest BCUT2D eigenvalue weighted by Crippen LogP contribution is 2.21. The van der Waals surface area contributed by atoms with Gasteiger partial charge in [0.15, 0.2) is 0 Å². The molecule has 0 aromatic carbocycles. The van der Waals surface area contributed by atoms with E-state index in [2.05, 4.69) is 10.3 Å². The van der Waals surface area contributed by atoms with Crippen molar-refractivity contribution in [2.75, 3.05) is 19.6 Å². The first-order valence-corrected chi connectivity index (χ1v) is 6.80. The third-order valence-corrected chi connectivity index (χ3v) is 3.61. The Balaban J connectivity index is 0.00000220. The zero-order valence-electron chi connectivity index (χ0n) is 12.4. The van der Waals surface area contributed by atoms with Gasteiger partial charge in [-0.15, -0.1) is 24.8 Å². The summed E-state index contributed by atoms with van der Waals surface area (Å²) in [5, 5.41) is 2.61. The highest BCUT2D eigenvalue weighted by Gasteiger charge is 2.31. The van der Waals surface area contributed by atoms with Crippen LogP contribution in [0.15, 0.2) is 24.4 Å². The van der Waals surface area contributed by atoms with Gasteiger partial charge in [0.2, 0.25) is 5.91 Å². The van der Waals surface area contributed by atoms with E-state index in [1.807, 2.05) is 6.92 Å². The van der Waals surface area contributed by atoms with Gasteiger partial charge >= 0.3 is 0 Å². The summed E-state index contributed by atoms with van der Waals surface area (Å²) in [6.45, 7) is 3.27. The van der Waals surface area contributed by atoms with Crippen molar-refractivity contribution in [3.05, 3.63) is 30.1 Å². The summed E-state index contributed by atoms with van der Waals surface area (Å²) < 4.78 is 0. The molecule has 0 saturated carbocycles. The first-order chi connectivity index (χ1) is 9.61. The van der Waals surface area contributed by atoms with Gasteiger partial charge in [-0.1, -0.05) is 6.07 Å². The van der Waals surface area contributed by atoms with Crippen LogP contribution in [0.5, 0.6) is 0 Å². The second-order valence-corrected chi connectivity index (χ2v) is 5.13. The molecule has 1 saturated heterocycles. The second kappa shape index (κ2) is 9.61. The number of hydrogen-bond acceptors (Lipinski definition) is 4. The Labute approximate surface area is 142 Å². The van der Waals surface area contributed by atoms with Gasteiger partial charge in [0.1, 0.15) is 5.69 Å². The maximum atomic E-state index is 12.1. The van der Waals surface area contributed by atoms with Crippen LogP contribution in [0, 0.1) is 5.92 Å². The monoisotopic (exact) mass is 348 g/mol. The van der Waals surface area contributed by atoms with Crippen LogP contribution in [0.4, 0.5) is 0 Å². The summed E-state index contributed by atoms with van der Waals surface area (Å²) in [5.74, 6) is -0.0423. The smallest absolute Gasteiger partial charge is 0.270 e. The van der Waals surface area contributed by atoms with Crippen LogP contribution in [-0.4, -0.2) is 47.4 Å². The van der Waals surface area contributed by atoms with Gasteiger partial charge < -0.3 is 16.0 Å². The third-order valence-electron chi connectivity index (χ3n) is 3.61. The molecule has 2 rings (SSSR count). The average Bonchev–Trinajstić information content (AvgIpc) is 2.86. The first kappa shape index (κ1) is 20.6. The topological polar surface area (TPSA) is 88.3 Å².